The Balaban J connectivity index is 1.86. The van der Waals surface area contributed by atoms with Gasteiger partial charge in [0.2, 0.25) is 5.91 Å². The molecule has 0 spiro atoms. The second-order valence-electron chi connectivity index (χ2n) is 5.82. The molecule has 0 heterocycles. The highest BCUT2D eigenvalue weighted by atomic mass is 19.4. The fourth-order valence-electron chi connectivity index (χ4n) is 2.31. The van der Waals surface area contributed by atoms with Crippen molar-refractivity contribution in [2.75, 3.05) is 10.6 Å². The molecule has 0 saturated heterocycles. The van der Waals surface area contributed by atoms with Gasteiger partial charge in [-0.05, 0) is 36.8 Å². The van der Waals surface area contributed by atoms with E-state index in [0.717, 1.165) is 5.56 Å². The summed E-state index contributed by atoms with van der Waals surface area (Å²) in [4.78, 5) is 34.9. The molecule has 0 bridgehead atoms. The lowest BCUT2D eigenvalue weighted by Gasteiger charge is -2.09. The van der Waals surface area contributed by atoms with Gasteiger partial charge in [0.15, 0.2) is 5.78 Å². The van der Waals surface area contributed by atoms with E-state index in [-0.39, 0.29) is 24.3 Å². The fraction of sp³-hybridized carbons (Fsp3) is 0.211. The highest BCUT2D eigenvalue weighted by molar-refractivity contribution is 6.01. The molecule has 0 unspecified atom stereocenters. The molecule has 8 heteroatoms. The van der Waals surface area contributed by atoms with Crippen molar-refractivity contribution < 1.29 is 27.6 Å². The van der Waals surface area contributed by atoms with E-state index >= 15 is 0 Å². The van der Waals surface area contributed by atoms with Gasteiger partial charge in [0.1, 0.15) is 0 Å². The van der Waals surface area contributed by atoms with Crippen LogP contribution >= 0.6 is 0 Å². The highest BCUT2D eigenvalue weighted by Gasteiger charge is 2.38. The third-order valence-corrected chi connectivity index (χ3v) is 3.71. The van der Waals surface area contributed by atoms with E-state index in [9.17, 15) is 27.6 Å². The van der Waals surface area contributed by atoms with Crippen LogP contribution in [-0.2, 0) is 9.59 Å². The number of nitrogens with one attached hydrogen (secondary N) is 2. The summed E-state index contributed by atoms with van der Waals surface area (Å²) in [5, 5.41) is 4.25. The minimum absolute atomic E-state index is 0.0280. The summed E-state index contributed by atoms with van der Waals surface area (Å²) in [5.41, 5.74) is 1.69. The predicted octanol–water partition coefficient (Wildman–Crippen LogP) is 4.10. The molecule has 0 aromatic heterocycles. The number of alkyl halides is 3. The Bertz CT molecular complexity index is 846. The molecular weight excluding hydrogens is 361 g/mol. The molecule has 142 valence electrons. The first-order chi connectivity index (χ1) is 12.7. The highest BCUT2D eigenvalue weighted by Crippen LogP contribution is 2.20. The van der Waals surface area contributed by atoms with Crippen LogP contribution < -0.4 is 10.6 Å². The quantitative estimate of drug-likeness (QED) is 0.743. The Morgan fingerprint density at radius 1 is 0.852 bits per heavy atom. The summed E-state index contributed by atoms with van der Waals surface area (Å²) in [6.45, 7) is 1.81. The van der Waals surface area contributed by atoms with Gasteiger partial charge in [0.25, 0.3) is 0 Å². The Labute approximate surface area is 153 Å². The maximum Gasteiger partial charge on any atom is 0.471 e. The molecule has 2 N–H and O–H groups in total. The Hall–Kier alpha value is -3.16. The molecule has 0 aliphatic carbocycles. The van der Waals surface area contributed by atoms with E-state index < -0.39 is 18.0 Å². The number of hydrogen-bond donors (Lipinski definition) is 2. The summed E-state index contributed by atoms with van der Waals surface area (Å²) in [5.74, 6) is -2.62. The molecule has 2 aromatic carbocycles. The lowest BCUT2D eigenvalue weighted by atomic mass is 10.0. The van der Waals surface area contributed by atoms with Gasteiger partial charge in [-0.1, -0.05) is 24.3 Å². The van der Waals surface area contributed by atoms with Crippen molar-refractivity contribution in [3.63, 3.8) is 0 Å². The van der Waals surface area contributed by atoms with Gasteiger partial charge in [-0.25, -0.2) is 0 Å². The van der Waals surface area contributed by atoms with Gasteiger partial charge in [-0.3, -0.25) is 14.4 Å². The van der Waals surface area contributed by atoms with E-state index in [1.165, 1.54) is 24.3 Å². The van der Waals surface area contributed by atoms with E-state index in [4.69, 9.17) is 0 Å². The normalized spacial score (nSPS) is 11.0. The van der Waals surface area contributed by atoms with Crippen LogP contribution in [0.4, 0.5) is 24.5 Å². The number of carbonyl (C=O) groups is 3. The first-order valence-corrected chi connectivity index (χ1v) is 8.04. The molecule has 0 atom stereocenters. The molecule has 2 aromatic rings. The average Bonchev–Trinajstić information content (AvgIpc) is 2.61. The number of benzene rings is 2. The first kappa shape index (κ1) is 20.2. The van der Waals surface area contributed by atoms with Gasteiger partial charge >= 0.3 is 12.1 Å². The second-order valence-corrected chi connectivity index (χ2v) is 5.82. The number of halogens is 3. The zero-order chi connectivity index (χ0) is 20.0. The van der Waals surface area contributed by atoms with E-state index in [0.29, 0.717) is 11.3 Å². The van der Waals surface area contributed by atoms with Gasteiger partial charge in [0, 0.05) is 29.8 Å². The predicted molar refractivity (Wildman–Crippen MR) is 94.5 cm³/mol. The maximum absolute atomic E-state index is 12.2. The third-order valence-electron chi connectivity index (χ3n) is 3.71. The van der Waals surface area contributed by atoms with Gasteiger partial charge in [0.05, 0.1) is 0 Å². The van der Waals surface area contributed by atoms with E-state index in [1.807, 2.05) is 19.1 Å². The standard InChI is InChI=1S/C19H17F3N2O3/c1-12-4-2-3-5-15(12)16(25)10-11-17(26)23-13-6-8-14(9-7-13)24-18(27)19(20,21)22/h2-9H,10-11H2,1H3,(H,23,26)(H,24,27). The Kier molecular flexibility index (Phi) is 6.33. The van der Waals surface area contributed by atoms with Crippen molar-refractivity contribution in [3.05, 3.63) is 59.7 Å². The smallest absolute Gasteiger partial charge is 0.326 e. The number of aryl methyl sites for hydroxylation is 1. The van der Waals surface area contributed by atoms with Crippen molar-refractivity contribution in [2.24, 2.45) is 0 Å². The minimum atomic E-state index is -4.98. The monoisotopic (exact) mass is 378 g/mol. The summed E-state index contributed by atoms with van der Waals surface area (Å²) < 4.78 is 36.6. The number of amides is 2. The molecule has 0 fully saturated rings. The van der Waals surface area contributed by atoms with Crippen LogP contribution in [-0.4, -0.2) is 23.8 Å². The number of carbonyl (C=O) groups excluding carboxylic acids is 3. The van der Waals surface area contributed by atoms with Crippen molar-refractivity contribution in [1.29, 1.82) is 0 Å². The largest absolute Gasteiger partial charge is 0.471 e. The SMILES string of the molecule is Cc1ccccc1C(=O)CCC(=O)Nc1ccc(NC(=O)C(F)(F)F)cc1. The lowest BCUT2D eigenvalue weighted by Crippen LogP contribution is -2.29. The topological polar surface area (TPSA) is 75.3 Å². The van der Waals surface area contributed by atoms with Crippen LogP contribution in [0.1, 0.15) is 28.8 Å². The zero-order valence-corrected chi connectivity index (χ0v) is 14.4. The fourth-order valence-corrected chi connectivity index (χ4v) is 2.31. The number of anilines is 2. The number of ketones is 1. The molecule has 2 amide bonds. The molecular formula is C19H17F3N2O3. The van der Waals surface area contributed by atoms with Crippen LogP contribution in [0.2, 0.25) is 0 Å². The molecule has 27 heavy (non-hydrogen) atoms. The Morgan fingerprint density at radius 3 is 1.96 bits per heavy atom. The minimum Gasteiger partial charge on any atom is -0.326 e. The summed E-state index contributed by atoms with van der Waals surface area (Å²) in [6, 6.07) is 12.3. The van der Waals surface area contributed by atoms with Gasteiger partial charge < -0.3 is 10.6 Å². The van der Waals surface area contributed by atoms with Crippen molar-refractivity contribution in [3.8, 4) is 0 Å². The lowest BCUT2D eigenvalue weighted by molar-refractivity contribution is -0.167. The molecule has 0 aliphatic heterocycles. The van der Waals surface area contributed by atoms with Crippen LogP contribution in [0.5, 0.6) is 0 Å². The van der Waals surface area contributed by atoms with Crippen LogP contribution in [0.25, 0.3) is 0 Å². The summed E-state index contributed by atoms with van der Waals surface area (Å²) in [7, 11) is 0. The molecule has 0 saturated carbocycles. The molecule has 0 radical (unpaired) electrons. The average molecular weight is 378 g/mol. The number of rotatable bonds is 6. The van der Waals surface area contributed by atoms with Crippen LogP contribution in [0.3, 0.4) is 0 Å². The zero-order valence-electron chi connectivity index (χ0n) is 14.4. The molecule has 0 aliphatic rings. The Morgan fingerprint density at radius 2 is 1.41 bits per heavy atom. The van der Waals surface area contributed by atoms with E-state index in [2.05, 4.69) is 5.32 Å². The summed E-state index contributed by atoms with van der Waals surface area (Å²) >= 11 is 0. The molecule has 2 rings (SSSR count). The third kappa shape index (κ3) is 5.95. The molecule has 5 nitrogen and oxygen atoms in total. The van der Waals surface area contributed by atoms with Crippen molar-refractivity contribution in [1.82, 2.24) is 0 Å². The van der Waals surface area contributed by atoms with Crippen LogP contribution in [0.15, 0.2) is 48.5 Å². The first-order valence-electron chi connectivity index (χ1n) is 8.04. The number of Topliss-reactive ketones (excluding diaryl/α,β-unsaturated/α-hetero) is 1. The van der Waals surface area contributed by atoms with Gasteiger partial charge in [-0.15, -0.1) is 0 Å². The van der Waals surface area contributed by atoms with Crippen LogP contribution in [0, 0.1) is 6.92 Å². The van der Waals surface area contributed by atoms with E-state index in [1.54, 1.807) is 17.4 Å². The summed E-state index contributed by atoms with van der Waals surface area (Å²) in [6.07, 6.45) is -4.97. The van der Waals surface area contributed by atoms with Gasteiger partial charge in [-0.2, -0.15) is 13.2 Å². The second kappa shape index (κ2) is 8.48. The number of hydrogen-bond acceptors (Lipinski definition) is 3. The van der Waals surface area contributed by atoms with Crippen molar-refractivity contribution >= 4 is 29.0 Å². The van der Waals surface area contributed by atoms with Crippen molar-refractivity contribution in [2.45, 2.75) is 25.9 Å². The maximum atomic E-state index is 12.2.